The van der Waals surface area contributed by atoms with Crippen molar-refractivity contribution in [3.8, 4) is 0 Å². The third-order valence-corrected chi connectivity index (χ3v) is 4.81. The van der Waals surface area contributed by atoms with E-state index >= 15 is 0 Å². The highest BCUT2D eigenvalue weighted by molar-refractivity contribution is 5.93. The first-order chi connectivity index (χ1) is 15.2. The van der Waals surface area contributed by atoms with Crippen molar-refractivity contribution in [2.75, 3.05) is 5.32 Å². The fourth-order valence-corrected chi connectivity index (χ4v) is 3.16. The van der Waals surface area contributed by atoms with Crippen molar-refractivity contribution in [2.45, 2.75) is 52.4 Å². The lowest BCUT2D eigenvalue weighted by Gasteiger charge is -2.28. The molecule has 7 nitrogen and oxygen atoms in total. The number of carbonyl (C=O) groups excluding carboxylic acids is 2. The van der Waals surface area contributed by atoms with Gasteiger partial charge < -0.3 is 10.1 Å². The number of rotatable bonds is 7. The van der Waals surface area contributed by atoms with Gasteiger partial charge in [0.25, 0.3) is 0 Å². The molecule has 0 radical (unpaired) electrons. The molecule has 0 aliphatic heterocycles. The van der Waals surface area contributed by atoms with E-state index < -0.39 is 17.7 Å². The number of hydrogen-bond donors (Lipinski definition) is 1. The van der Waals surface area contributed by atoms with Crippen LogP contribution in [0.2, 0.25) is 0 Å². The Balaban J connectivity index is 1.70. The average Bonchev–Trinajstić information content (AvgIpc) is 3.22. The Kier molecular flexibility index (Phi) is 7.43. The Morgan fingerprint density at radius 1 is 0.969 bits per heavy atom. The quantitative estimate of drug-likeness (QED) is 0.584. The molecular weight excluding hydrogens is 404 g/mol. The summed E-state index contributed by atoms with van der Waals surface area (Å²) in [5.74, 6) is 0.0957. The summed E-state index contributed by atoms with van der Waals surface area (Å²) in [6.45, 7) is 8.46. The first kappa shape index (κ1) is 23.2. The van der Waals surface area contributed by atoms with Gasteiger partial charge in [0.15, 0.2) is 5.82 Å². The van der Waals surface area contributed by atoms with Crippen LogP contribution in [-0.4, -0.2) is 38.3 Å². The van der Waals surface area contributed by atoms with E-state index in [9.17, 15) is 9.59 Å². The van der Waals surface area contributed by atoms with Gasteiger partial charge in [0.1, 0.15) is 5.60 Å². The number of nitrogens with one attached hydrogen (secondary N) is 1. The number of benzene rings is 2. The van der Waals surface area contributed by atoms with E-state index in [1.54, 1.807) is 26.8 Å². The summed E-state index contributed by atoms with van der Waals surface area (Å²) in [5.41, 5.74) is 1.62. The van der Waals surface area contributed by atoms with Gasteiger partial charge in [0.2, 0.25) is 5.91 Å². The molecule has 2 aromatic carbocycles. The summed E-state index contributed by atoms with van der Waals surface area (Å²) in [7, 11) is 0. The van der Waals surface area contributed by atoms with E-state index in [1.807, 2.05) is 67.6 Å². The van der Waals surface area contributed by atoms with Gasteiger partial charge in [-0.2, -0.15) is 4.68 Å². The van der Waals surface area contributed by atoms with Gasteiger partial charge in [-0.1, -0.05) is 60.7 Å². The molecule has 1 N–H and O–H groups in total. The fraction of sp³-hybridized carbons (Fsp3) is 0.320. The lowest BCUT2D eigenvalue weighted by Crippen LogP contribution is -2.41. The zero-order chi connectivity index (χ0) is 23.1. The molecule has 3 rings (SSSR count). The van der Waals surface area contributed by atoms with Gasteiger partial charge in [0.05, 0.1) is 6.04 Å². The van der Waals surface area contributed by atoms with E-state index in [1.165, 1.54) is 6.20 Å². The molecule has 32 heavy (non-hydrogen) atoms. The first-order valence-electron chi connectivity index (χ1n) is 10.6. The minimum Gasteiger partial charge on any atom is -0.442 e. The van der Waals surface area contributed by atoms with E-state index in [4.69, 9.17) is 4.74 Å². The zero-order valence-corrected chi connectivity index (χ0v) is 19.0. The Morgan fingerprint density at radius 3 is 2.00 bits per heavy atom. The standard InChI is InChI=1S/C25H30N4O3/c1-19(23(30)26-22-15-16-29(27-22)24(31)32-25(2,3)4)28(17-20-11-7-5-8-12-20)18-21-13-9-6-10-14-21/h5-16,19H,17-18H2,1-4H3,(H,26,27,30)/t19-/m0/s1. The molecule has 3 aromatic rings. The Morgan fingerprint density at radius 2 is 1.50 bits per heavy atom. The number of anilines is 1. The highest BCUT2D eigenvalue weighted by Crippen LogP contribution is 2.16. The van der Waals surface area contributed by atoms with E-state index in [-0.39, 0.29) is 5.91 Å². The topological polar surface area (TPSA) is 76.5 Å². The molecule has 0 unspecified atom stereocenters. The lowest BCUT2D eigenvalue weighted by molar-refractivity contribution is -0.121. The molecule has 168 valence electrons. The molecule has 0 aliphatic carbocycles. The van der Waals surface area contributed by atoms with Gasteiger partial charge in [-0.3, -0.25) is 9.69 Å². The summed E-state index contributed by atoms with van der Waals surface area (Å²) >= 11 is 0. The van der Waals surface area contributed by atoms with Crippen LogP contribution in [0.4, 0.5) is 10.6 Å². The summed E-state index contributed by atoms with van der Waals surface area (Å²) in [5, 5.41) is 6.95. The second-order valence-corrected chi connectivity index (χ2v) is 8.67. The second-order valence-electron chi connectivity index (χ2n) is 8.67. The molecular formula is C25H30N4O3. The van der Waals surface area contributed by atoms with Crippen LogP contribution in [0.25, 0.3) is 0 Å². The van der Waals surface area contributed by atoms with Crippen LogP contribution in [0.3, 0.4) is 0 Å². The SMILES string of the molecule is C[C@@H](C(=O)Nc1ccn(C(=O)OC(C)(C)C)n1)N(Cc1ccccc1)Cc1ccccc1. The molecule has 0 bridgehead atoms. The van der Waals surface area contributed by atoms with Gasteiger partial charge in [0, 0.05) is 25.4 Å². The number of nitrogens with zero attached hydrogens (tertiary/aromatic N) is 3. The van der Waals surface area contributed by atoms with Crippen LogP contribution in [0.15, 0.2) is 72.9 Å². The van der Waals surface area contributed by atoms with E-state index in [0.29, 0.717) is 18.9 Å². The second kappa shape index (κ2) is 10.2. The molecule has 0 fully saturated rings. The fourth-order valence-electron chi connectivity index (χ4n) is 3.16. The van der Waals surface area contributed by atoms with E-state index in [0.717, 1.165) is 15.8 Å². The molecule has 1 heterocycles. The Bertz CT molecular complexity index is 985. The van der Waals surface area contributed by atoms with Crippen molar-refractivity contribution in [1.29, 1.82) is 0 Å². The van der Waals surface area contributed by atoms with Crippen molar-refractivity contribution >= 4 is 17.8 Å². The maximum absolute atomic E-state index is 13.0. The summed E-state index contributed by atoms with van der Waals surface area (Å²) < 4.78 is 6.38. The zero-order valence-electron chi connectivity index (χ0n) is 19.0. The number of hydrogen-bond acceptors (Lipinski definition) is 5. The van der Waals surface area contributed by atoms with Crippen LogP contribution in [0, 0.1) is 0 Å². The highest BCUT2D eigenvalue weighted by atomic mass is 16.6. The third kappa shape index (κ3) is 6.78. The molecule has 0 spiro atoms. The molecule has 1 atom stereocenters. The van der Waals surface area contributed by atoms with Crippen molar-refractivity contribution in [1.82, 2.24) is 14.7 Å². The van der Waals surface area contributed by atoms with Crippen molar-refractivity contribution in [3.05, 3.63) is 84.1 Å². The van der Waals surface area contributed by atoms with E-state index in [2.05, 4.69) is 15.3 Å². The number of ether oxygens (including phenoxy) is 1. The van der Waals surface area contributed by atoms with Crippen LogP contribution in [0.1, 0.15) is 38.8 Å². The third-order valence-electron chi connectivity index (χ3n) is 4.81. The summed E-state index contributed by atoms with van der Waals surface area (Å²) in [6.07, 6.45) is 0.876. The van der Waals surface area contributed by atoms with Gasteiger partial charge in [-0.15, -0.1) is 5.10 Å². The highest BCUT2D eigenvalue weighted by Gasteiger charge is 2.23. The predicted octanol–water partition coefficient (Wildman–Crippen LogP) is 4.70. The molecule has 0 saturated carbocycles. The minimum absolute atomic E-state index is 0.202. The van der Waals surface area contributed by atoms with Crippen LogP contribution < -0.4 is 5.32 Å². The van der Waals surface area contributed by atoms with Gasteiger partial charge >= 0.3 is 6.09 Å². The maximum atomic E-state index is 13.0. The average molecular weight is 435 g/mol. The summed E-state index contributed by atoms with van der Waals surface area (Å²) in [6, 6.07) is 21.2. The number of carbonyl (C=O) groups is 2. The number of aromatic nitrogens is 2. The van der Waals surface area contributed by atoms with Gasteiger partial charge in [-0.05, 0) is 38.8 Å². The maximum Gasteiger partial charge on any atom is 0.435 e. The van der Waals surface area contributed by atoms with Crippen LogP contribution in [-0.2, 0) is 22.6 Å². The summed E-state index contributed by atoms with van der Waals surface area (Å²) in [4.78, 5) is 27.3. The minimum atomic E-state index is -0.629. The Hall–Kier alpha value is -3.45. The first-order valence-corrected chi connectivity index (χ1v) is 10.6. The molecule has 0 aliphatic rings. The predicted molar refractivity (Wildman–Crippen MR) is 124 cm³/mol. The van der Waals surface area contributed by atoms with Gasteiger partial charge in [-0.25, -0.2) is 4.79 Å². The molecule has 1 aromatic heterocycles. The molecule has 1 amide bonds. The monoisotopic (exact) mass is 434 g/mol. The smallest absolute Gasteiger partial charge is 0.435 e. The number of amides is 1. The van der Waals surface area contributed by atoms with Crippen molar-refractivity contribution in [3.63, 3.8) is 0 Å². The van der Waals surface area contributed by atoms with Crippen LogP contribution >= 0.6 is 0 Å². The lowest BCUT2D eigenvalue weighted by atomic mass is 10.1. The van der Waals surface area contributed by atoms with Crippen molar-refractivity contribution in [2.24, 2.45) is 0 Å². The normalized spacial score (nSPS) is 12.4. The van der Waals surface area contributed by atoms with Crippen LogP contribution in [0.5, 0.6) is 0 Å². The molecule has 0 saturated heterocycles. The van der Waals surface area contributed by atoms with Crippen molar-refractivity contribution < 1.29 is 14.3 Å². The largest absolute Gasteiger partial charge is 0.442 e. The molecule has 7 heteroatoms. The Labute approximate surface area is 189 Å².